The van der Waals surface area contributed by atoms with Gasteiger partial charge in [-0.3, -0.25) is 4.79 Å². The molecule has 0 spiro atoms. The minimum Gasteiger partial charge on any atom is -0.392 e. The van der Waals surface area contributed by atoms with Gasteiger partial charge in [-0.1, -0.05) is 30.3 Å². The van der Waals surface area contributed by atoms with Gasteiger partial charge in [0.05, 0.1) is 18.0 Å². The molecule has 110 valence electrons. The van der Waals surface area contributed by atoms with E-state index >= 15 is 0 Å². The van der Waals surface area contributed by atoms with Crippen molar-refractivity contribution in [3.63, 3.8) is 0 Å². The number of aliphatic hydroxyl groups excluding tert-OH is 1. The van der Waals surface area contributed by atoms with Gasteiger partial charge in [-0.25, -0.2) is 0 Å². The number of aryl methyl sites for hydroxylation is 1. The van der Waals surface area contributed by atoms with Gasteiger partial charge in [0, 0.05) is 13.5 Å². The topological polar surface area (TPSA) is 61.4 Å². The van der Waals surface area contributed by atoms with Crippen molar-refractivity contribution in [3.8, 4) is 0 Å². The number of hydrogen-bond acceptors (Lipinski definition) is 3. The Kier molecular flexibility index (Phi) is 4.95. The molecular formula is C17H20N2O2. The molecule has 4 heteroatoms. The van der Waals surface area contributed by atoms with E-state index in [1.807, 2.05) is 49.4 Å². The van der Waals surface area contributed by atoms with E-state index in [1.54, 1.807) is 0 Å². The number of benzene rings is 2. The molecule has 0 aliphatic heterocycles. The van der Waals surface area contributed by atoms with Gasteiger partial charge in [0.2, 0.25) is 5.91 Å². The molecule has 0 aliphatic carbocycles. The fraction of sp³-hybridized carbons (Fsp3) is 0.235. The van der Waals surface area contributed by atoms with Crippen molar-refractivity contribution in [3.05, 3.63) is 59.2 Å². The van der Waals surface area contributed by atoms with Gasteiger partial charge in [-0.05, 0) is 35.7 Å². The molecule has 0 unspecified atom stereocenters. The van der Waals surface area contributed by atoms with E-state index in [0.29, 0.717) is 6.54 Å². The Hall–Kier alpha value is -2.33. The predicted molar refractivity (Wildman–Crippen MR) is 85.2 cm³/mol. The van der Waals surface area contributed by atoms with Crippen LogP contribution in [0.2, 0.25) is 0 Å². The first-order valence-electron chi connectivity index (χ1n) is 6.89. The molecule has 2 aromatic rings. The standard InChI is InChI=1S/C17H20N2O2/c1-12-3-8-16(19-13(2)21)17(9-12)18-10-14-4-6-15(11-20)7-5-14/h3-9,18,20H,10-11H2,1-2H3,(H,19,21). The summed E-state index contributed by atoms with van der Waals surface area (Å²) >= 11 is 0. The van der Waals surface area contributed by atoms with E-state index in [9.17, 15) is 4.79 Å². The molecule has 2 rings (SSSR count). The number of nitrogens with one attached hydrogen (secondary N) is 2. The highest BCUT2D eigenvalue weighted by atomic mass is 16.3. The second kappa shape index (κ2) is 6.90. The highest BCUT2D eigenvalue weighted by molar-refractivity contribution is 5.92. The fourth-order valence-electron chi connectivity index (χ4n) is 2.06. The van der Waals surface area contributed by atoms with Crippen molar-refractivity contribution in [2.45, 2.75) is 27.0 Å². The maximum Gasteiger partial charge on any atom is 0.221 e. The van der Waals surface area contributed by atoms with Crippen LogP contribution >= 0.6 is 0 Å². The lowest BCUT2D eigenvalue weighted by Gasteiger charge is -2.13. The van der Waals surface area contributed by atoms with E-state index in [4.69, 9.17) is 5.11 Å². The maximum absolute atomic E-state index is 11.2. The van der Waals surface area contributed by atoms with Gasteiger partial charge in [0.15, 0.2) is 0 Å². The molecule has 0 saturated carbocycles. The molecule has 0 aliphatic rings. The number of carbonyl (C=O) groups excluding carboxylic acids is 1. The molecule has 4 nitrogen and oxygen atoms in total. The third kappa shape index (κ3) is 4.33. The van der Waals surface area contributed by atoms with Crippen LogP contribution in [0.15, 0.2) is 42.5 Å². The second-order valence-corrected chi connectivity index (χ2v) is 5.06. The van der Waals surface area contributed by atoms with Crippen molar-refractivity contribution >= 4 is 17.3 Å². The number of amides is 1. The molecule has 0 radical (unpaired) electrons. The molecule has 3 N–H and O–H groups in total. The zero-order valence-electron chi connectivity index (χ0n) is 12.3. The van der Waals surface area contributed by atoms with Gasteiger partial charge in [-0.15, -0.1) is 0 Å². The van der Waals surface area contributed by atoms with Gasteiger partial charge in [0.25, 0.3) is 0 Å². The molecule has 0 fully saturated rings. The SMILES string of the molecule is CC(=O)Nc1ccc(C)cc1NCc1ccc(CO)cc1. The van der Waals surface area contributed by atoms with Crippen molar-refractivity contribution in [2.75, 3.05) is 10.6 Å². The predicted octanol–water partition coefficient (Wildman–Crippen LogP) is 3.06. The lowest BCUT2D eigenvalue weighted by atomic mass is 10.1. The summed E-state index contributed by atoms with van der Waals surface area (Å²) in [7, 11) is 0. The maximum atomic E-state index is 11.2. The third-order valence-electron chi connectivity index (χ3n) is 3.17. The Balaban J connectivity index is 2.10. The second-order valence-electron chi connectivity index (χ2n) is 5.06. The normalized spacial score (nSPS) is 10.2. The Morgan fingerprint density at radius 3 is 2.33 bits per heavy atom. The monoisotopic (exact) mass is 284 g/mol. The minimum absolute atomic E-state index is 0.0538. The summed E-state index contributed by atoms with van der Waals surface area (Å²) in [5.74, 6) is -0.0887. The first-order chi connectivity index (χ1) is 10.1. The van der Waals surface area contributed by atoms with E-state index in [-0.39, 0.29) is 12.5 Å². The van der Waals surface area contributed by atoms with E-state index < -0.39 is 0 Å². The van der Waals surface area contributed by atoms with Crippen LogP contribution in [0.5, 0.6) is 0 Å². The summed E-state index contributed by atoms with van der Waals surface area (Å²) < 4.78 is 0. The molecule has 21 heavy (non-hydrogen) atoms. The largest absolute Gasteiger partial charge is 0.392 e. The number of hydrogen-bond donors (Lipinski definition) is 3. The summed E-state index contributed by atoms with van der Waals surface area (Å²) in [5, 5.41) is 15.2. The van der Waals surface area contributed by atoms with Crippen LogP contribution in [0.4, 0.5) is 11.4 Å². The van der Waals surface area contributed by atoms with Crippen molar-refractivity contribution < 1.29 is 9.90 Å². The van der Waals surface area contributed by atoms with E-state index in [1.165, 1.54) is 6.92 Å². The lowest BCUT2D eigenvalue weighted by molar-refractivity contribution is -0.114. The average molecular weight is 284 g/mol. The first-order valence-corrected chi connectivity index (χ1v) is 6.89. The number of anilines is 2. The quantitative estimate of drug-likeness (QED) is 0.791. The summed E-state index contributed by atoms with van der Waals surface area (Å²) in [4.78, 5) is 11.2. The molecule has 0 bridgehead atoms. The number of rotatable bonds is 5. The molecule has 0 heterocycles. The van der Waals surface area contributed by atoms with Crippen LogP contribution in [-0.4, -0.2) is 11.0 Å². The highest BCUT2D eigenvalue weighted by Crippen LogP contribution is 2.23. The first kappa shape index (κ1) is 15.1. The minimum atomic E-state index is -0.0887. The molecule has 0 saturated heterocycles. The average Bonchev–Trinajstić information content (AvgIpc) is 2.47. The van der Waals surface area contributed by atoms with Crippen LogP contribution in [0, 0.1) is 6.92 Å². The summed E-state index contributed by atoms with van der Waals surface area (Å²) in [5.41, 5.74) is 4.81. The summed E-state index contributed by atoms with van der Waals surface area (Å²) in [6.07, 6.45) is 0. The van der Waals surface area contributed by atoms with Crippen LogP contribution in [0.3, 0.4) is 0 Å². The van der Waals surface area contributed by atoms with Crippen LogP contribution in [0.1, 0.15) is 23.6 Å². The van der Waals surface area contributed by atoms with Crippen molar-refractivity contribution in [2.24, 2.45) is 0 Å². The Labute approximate surface area is 124 Å². The van der Waals surface area contributed by atoms with Crippen molar-refractivity contribution in [1.82, 2.24) is 0 Å². The molecule has 0 atom stereocenters. The zero-order valence-corrected chi connectivity index (χ0v) is 12.3. The number of aliphatic hydroxyl groups is 1. The van der Waals surface area contributed by atoms with E-state index in [2.05, 4.69) is 10.6 Å². The molecule has 2 aromatic carbocycles. The Bertz CT molecular complexity index is 621. The number of carbonyl (C=O) groups is 1. The van der Waals surface area contributed by atoms with Crippen LogP contribution in [0.25, 0.3) is 0 Å². The summed E-state index contributed by atoms with van der Waals surface area (Å²) in [6, 6.07) is 13.6. The Morgan fingerprint density at radius 1 is 1.05 bits per heavy atom. The van der Waals surface area contributed by atoms with E-state index in [0.717, 1.165) is 28.1 Å². The zero-order chi connectivity index (χ0) is 15.2. The van der Waals surface area contributed by atoms with Crippen molar-refractivity contribution in [1.29, 1.82) is 0 Å². The molecule has 1 amide bonds. The molecular weight excluding hydrogens is 264 g/mol. The Morgan fingerprint density at radius 2 is 1.71 bits per heavy atom. The van der Waals surface area contributed by atoms with Crippen LogP contribution < -0.4 is 10.6 Å². The fourth-order valence-corrected chi connectivity index (χ4v) is 2.06. The van der Waals surface area contributed by atoms with Gasteiger partial charge in [0.1, 0.15) is 0 Å². The highest BCUT2D eigenvalue weighted by Gasteiger charge is 2.04. The molecule has 0 aromatic heterocycles. The van der Waals surface area contributed by atoms with Gasteiger partial charge < -0.3 is 15.7 Å². The smallest absolute Gasteiger partial charge is 0.221 e. The lowest BCUT2D eigenvalue weighted by Crippen LogP contribution is -2.09. The van der Waals surface area contributed by atoms with Gasteiger partial charge >= 0.3 is 0 Å². The van der Waals surface area contributed by atoms with Gasteiger partial charge in [-0.2, -0.15) is 0 Å². The summed E-state index contributed by atoms with van der Waals surface area (Å²) in [6.45, 7) is 4.22. The third-order valence-corrected chi connectivity index (χ3v) is 3.17. The van der Waals surface area contributed by atoms with Crippen LogP contribution in [-0.2, 0) is 17.9 Å².